The molecule has 0 fully saturated rings. The summed E-state index contributed by atoms with van der Waals surface area (Å²) in [6.07, 6.45) is 3.05. The SMILES string of the molecule is COC(=O)C(c1ccccc1)[N+]1=Cc2ccsc2CC1.[Br-]. The summed E-state index contributed by atoms with van der Waals surface area (Å²) in [5.41, 5.74) is 2.18. The molecule has 21 heavy (non-hydrogen) atoms. The van der Waals surface area contributed by atoms with Gasteiger partial charge in [-0.05, 0) is 11.4 Å². The average Bonchev–Trinajstić information content (AvgIpc) is 2.96. The topological polar surface area (TPSA) is 29.3 Å². The lowest BCUT2D eigenvalue weighted by Gasteiger charge is -2.17. The van der Waals surface area contributed by atoms with Crippen molar-refractivity contribution in [3.05, 3.63) is 57.8 Å². The number of thiophene rings is 1. The van der Waals surface area contributed by atoms with Gasteiger partial charge in [-0.15, -0.1) is 11.3 Å². The van der Waals surface area contributed by atoms with Gasteiger partial charge in [-0.25, -0.2) is 9.37 Å². The Kier molecular flexibility index (Phi) is 5.31. The van der Waals surface area contributed by atoms with E-state index in [4.69, 9.17) is 4.74 Å². The van der Waals surface area contributed by atoms with Crippen LogP contribution in [0.15, 0.2) is 41.8 Å². The van der Waals surface area contributed by atoms with Gasteiger partial charge in [0.2, 0.25) is 0 Å². The monoisotopic (exact) mass is 365 g/mol. The maximum absolute atomic E-state index is 12.2. The van der Waals surface area contributed by atoms with E-state index in [9.17, 15) is 4.79 Å². The highest BCUT2D eigenvalue weighted by Crippen LogP contribution is 2.24. The molecule has 5 heteroatoms. The molecule has 1 aromatic carbocycles. The molecule has 2 heterocycles. The van der Waals surface area contributed by atoms with Crippen LogP contribution in [0.1, 0.15) is 22.0 Å². The summed E-state index contributed by atoms with van der Waals surface area (Å²) in [5.74, 6) is -0.217. The summed E-state index contributed by atoms with van der Waals surface area (Å²) in [7, 11) is 1.44. The number of ether oxygens (including phenoxy) is 1. The normalized spacial score (nSPS) is 14.4. The second kappa shape index (κ2) is 7.00. The second-order valence-corrected chi connectivity index (χ2v) is 5.75. The highest BCUT2D eigenvalue weighted by molar-refractivity contribution is 7.10. The molecular weight excluding hydrogens is 350 g/mol. The van der Waals surface area contributed by atoms with Gasteiger partial charge in [0.1, 0.15) is 6.54 Å². The van der Waals surface area contributed by atoms with E-state index in [0.717, 1.165) is 18.5 Å². The second-order valence-electron chi connectivity index (χ2n) is 4.75. The maximum atomic E-state index is 12.2. The number of carbonyl (C=O) groups is 1. The van der Waals surface area contributed by atoms with Crippen LogP contribution in [-0.2, 0) is 16.0 Å². The van der Waals surface area contributed by atoms with Crippen LogP contribution in [0.3, 0.4) is 0 Å². The van der Waals surface area contributed by atoms with Crippen LogP contribution in [0.5, 0.6) is 0 Å². The molecule has 0 saturated carbocycles. The molecule has 1 unspecified atom stereocenters. The molecule has 0 aliphatic carbocycles. The first-order chi connectivity index (χ1) is 9.79. The number of benzene rings is 1. The van der Waals surface area contributed by atoms with Crippen molar-refractivity contribution < 1.29 is 31.1 Å². The smallest absolute Gasteiger partial charge is 0.380 e. The van der Waals surface area contributed by atoms with Crippen molar-refractivity contribution >= 4 is 23.5 Å². The van der Waals surface area contributed by atoms with Gasteiger partial charge in [0, 0.05) is 16.9 Å². The molecular formula is C16H16BrNO2S. The Balaban J connectivity index is 0.00000161. The van der Waals surface area contributed by atoms with Gasteiger partial charge >= 0.3 is 5.97 Å². The number of hydrogen-bond acceptors (Lipinski definition) is 3. The van der Waals surface area contributed by atoms with E-state index in [0.29, 0.717) is 0 Å². The molecule has 3 nitrogen and oxygen atoms in total. The number of nitrogens with zero attached hydrogens (tertiary/aromatic N) is 1. The van der Waals surface area contributed by atoms with Crippen LogP contribution < -0.4 is 17.0 Å². The Bertz CT molecular complexity index is 651. The van der Waals surface area contributed by atoms with E-state index in [-0.39, 0.29) is 29.0 Å². The Morgan fingerprint density at radius 1 is 1.29 bits per heavy atom. The lowest BCUT2D eigenvalue weighted by molar-refractivity contribution is -0.557. The molecule has 0 radical (unpaired) electrons. The number of fused-ring (bicyclic) bond motifs is 1. The number of methoxy groups -OCH3 is 1. The summed E-state index contributed by atoms with van der Waals surface area (Å²) in [6.45, 7) is 0.835. The van der Waals surface area contributed by atoms with Crippen molar-refractivity contribution in [3.63, 3.8) is 0 Å². The molecule has 1 aliphatic heterocycles. The van der Waals surface area contributed by atoms with E-state index >= 15 is 0 Å². The van der Waals surface area contributed by atoms with E-state index < -0.39 is 0 Å². The summed E-state index contributed by atoms with van der Waals surface area (Å²) in [4.78, 5) is 13.6. The van der Waals surface area contributed by atoms with E-state index in [1.54, 1.807) is 11.3 Å². The van der Waals surface area contributed by atoms with Crippen LogP contribution in [-0.4, -0.2) is 30.4 Å². The minimum absolute atomic E-state index is 0. The molecule has 0 amide bonds. The molecule has 1 aromatic heterocycles. The molecule has 0 bridgehead atoms. The minimum Gasteiger partial charge on any atom is -1.00 e. The molecule has 110 valence electrons. The summed E-state index contributed by atoms with van der Waals surface area (Å²) in [6, 6.07) is 11.5. The van der Waals surface area contributed by atoms with Crippen molar-refractivity contribution in [1.29, 1.82) is 0 Å². The van der Waals surface area contributed by atoms with Crippen molar-refractivity contribution in [1.82, 2.24) is 0 Å². The van der Waals surface area contributed by atoms with Gasteiger partial charge in [-0.1, -0.05) is 30.3 Å². The first-order valence-corrected chi connectivity index (χ1v) is 7.47. The quantitative estimate of drug-likeness (QED) is 0.549. The first-order valence-electron chi connectivity index (χ1n) is 6.59. The molecule has 3 rings (SSSR count). The van der Waals surface area contributed by atoms with Crippen molar-refractivity contribution in [2.45, 2.75) is 12.5 Å². The standard InChI is InChI=1S/C16H16NO2S.BrH/c1-19-16(18)15(12-5-3-2-4-6-12)17-9-7-14-13(11-17)8-10-20-14;/h2-6,8,10-11,15H,7,9H2,1H3;1H/q+1;/p-1. The molecule has 1 aliphatic rings. The molecule has 0 saturated heterocycles. The van der Waals surface area contributed by atoms with Gasteiger partial charge in [0.25, 0.3) is 6.04 Å². The van der Waals surface area contributed by atoms with Gasteiger partial charge in [0.05, 0.1) is 12.7 Å². The first kappa shape index (κ1) is 15.9. The lowest BCUT2D eigenvalue weighted by atomic mass is 10.0. The van der Waals surface area contributed by atoms with Gasteiger partial charge in [0.15, 0.2) is 6.21 Å². The van der Waals surface area contributed by atoms with Gasteiger partial charge in [-0.3, -0.25) is 0 Å². The number of carbonyl (C=O) groups excluding carboxylic acids is 1. The largest absolute Gasteiger partial charge is 1.00 e. The Morgan fingerprint density at radius 3 is 2.76 bits per heavy atom. The van der Waals surface area contributed by atoms with Crippen LogP contribution in [0.25, 0.3) is 0 Å². The zero-order chi connectivity index (χ0) is 13.9. The molecule has 0 spiro atoms. The molecule has 2 aromatic rings. The Morgan fingerprint density at radius 2 is 2.05 bits per heavy atom. The predicted octanol–water partition coefficient (Wildman–Crippen LogP) is -0.346. The zero-order valence-electron chi connectivity index (χ0n) is 11.7. The maximum Gasteiger partial charge on any atom is 0.380 e. The fourth-order valence-electron chi connectivity index (χ4n) is 2.56. The number of halogens is 1. The van der Waals surface area contributed by atoms with Gasteiger partial charge < -0.3 is 21.7 Å². The highest BCUT2D eigenvalue weighted by Gasteiger charge is 2.34. The third-order valence-electron chi connectivity index (χ3n) is 3.55. The Hall–Kier alpha value is -1.46. The molecule has 1 atom stereocenters. The number of rotatable bonds is 3. The van der Waals surface area contributed by atoms with E-state index in [1.807, 2.05) is 30.3 Å². The zero-order valence-corrected chi connectivity index (χ0v) is 14.1. The Labute approximate surface area is 138 Å². The van der Waals surface area contributed by atoms with Crippen molar-refractivity contribution in [2.24, 2.45) is 0 Å². The lowest BCUT2D eigenvalue weighted by Crippen LogP contribution is -3.00. The predicted molar refractivity (Wildman–Crippen MR) is 79.5 cm³/mol. The van der Waals surface area contributed by atoms with Crippen molar-refractivity contribution in [3.8, 4) is 0 Å². The van der Waals surface area contributed by atoms with Crippen LogP contribution in [0.2, 0.25) is 0 Å². The van der Waals surface area contributed by atoms with Crippen LogP contribution >= 0.6 is 11.3 Å². The highest BCUT2D eigenvalue weighted by atomic mass is 79.9. The van der Waals surface area contributed by atoms with Gasteiger partial charge in [-0.2, -0.15) is 0 Å². The fourth-order valence-corrected chi connectivity index (χ4v) is 3.40. The summed E-state index contributed by atoms with van der Waals surface area (Å²) >= 11 is 1.77. The van der Waals surface area contributed by atoms with E-state index in [2.05, 4.69) is 22.2 Å². The number of esters is 1. The van der Waals surface area contributed by atoms with E-state index in [1.165, 1.54) is 17.6 Å². The third kappa shape index (κ3) is 3.24. The number of hydrogen-bond donors (Lipinski definition) is 0. The van der Waals surface area contributed by atoms with Crippen LogP contribution in [0.4, 0.5) is 0 Å². The van der Waals surface area contributed by atoms with Crippen LogP contribution in [0, 0.1) is 0 Å². The third-order valence-corrected chi connectivity index (χ3v) is 4.55. The minimum atomic E-state index is -0.366. The summed E-state index contributed by atoms with van der Waals surface area (Å²) in [5, 5.41) is 2.10. The van der Waals surface area contributed by atoms with Crippen molar-refractivity contribution in [2.75, 3.05) is 13.7 Å². The fraction of sp³-hybridized carbons (Fsp3) is 0.250. The summed E-state index contributed by atoms with van der Waals surface area (Å²) < 4.78 is 7.07. The average molecular weight is 366 g/mol. The molecule has 0 N–H and O–H groups in total.